The standard InChI is InChI=1S/C14H17N3O/c15-12-2-4-14-11(9-12)1-3-13(16-14)10-17-5-7-18-8-6-17/h1-4,9H,5-8,10,15H2. The third-order valence-electron chi connectivity index (χ3n) is 3.26. The van der Waals surface area contributed by atoms with E-state index in [4.69, 9.17) is 10.5 Å². The van der Waals surface area contributed by atoms with E-state index in [2.05, 4.69) is 22.0 Å². The van der Waals surface area contributed by atoms with Crippen molar-refractivity contribution in [3.8, 4) is 0 Å². The number of hydrogen-bond acceptors (Lipinski definition) is 4. The fourth-order valence-electron chi connectivity index (χ4n) is 2.26. The smallest absolute Gasteiger partial charge is 0.0707 e. The average molecular weight is 243 g/mol. The predicted octanol–water partition coefficient (Wildman–Crippen LogP) is 1.65. The highest BCUT2D eigenvalue weighted by molar-refractivity contribution is 5.81. The van der Waals surface area contributed by atoms with Gasteiger partial charge in [0.1, 0.15) is 0 Å². The minimum atomic E-state index is 0.783. The first-order chi connectivity index (χ1) is 8.81. The van der Waals surface area contributed by atoms with Gasteiger partial charge in [-0.1, -0.05) is 6.07 Å². The number of morpholine rings is 1. The molecule has 0 bridgehead atoms. The van der Waals surface area contributed by atoms with Crippen molar-refractivity contribution in [2.24, 2.45) is 0 Å². The fraction of sp³-hybridized carbons (Fsp3) is 0.357. The molecule has 0 aliphatic carbocycles. The highest BCUT2D eigenvalue weighted by atomic mass is 16.5. The maximum Gasteiger partial charge on any atom is 0.0707 e. The number of rotatable bonds is 2. The van der Waals surface area contributed by atoms with Crippen molar-refractivity contribution < 1.29 is 4.74 Å². The number of benzene rings is 1. The van der Waals surface area contributed by atoms with Crippen molar-refractivity contribution in [2.75, 3.05) is 32.0 Å². The van der Waals surface area contributed by atoms with Crippen LogP contribution in [-0.2, 0) is 11.3 Å². The van der Waals surface area contributed by atoms with Gasteiger partial charge in [-0.05, 0) is 24.3 Å². The molecule has 0 amide bonds. The Kier molecular flexibility index (Phi) is 3.13. The molecule has 94 valence electrons. The Hall–Kier alpha value is -1.65. The van der Waals surface area contributed by atoms with E-state index < -0.39 is 0 Å². The zero-order valence-electron chi connectivity index (χ0n) is 10.3. The van der Waals surface area contributed by atoms with Crippen LogP contribution in [0.1, 0.15) is 5.69 Å². The topological polar surface area (TPSA) is 51.4 Å². The van der Waals surface area contributed by atoms with Gasteiger partial charge in [-0.2, -0.15) is 0 Å². The third-order valence-corrected chi connectivity index (χ3v) is 3.26. The number of anilines is 1. The maximum absolute atomic E-state index is 5.76. The lowest BCUT2D eigenvalue weighted by atomic mass is 10.2. The fourth-order valence-corrected chi connectivity index (χ4v) is 2.26. The second kappa shape index (κ2) is 4.92. The summed E-state index contributed by atoms with van der Waals surface area (Å²) in [5.41, 5.74) is 8.66. The van der Waals surface area contributed by atoms with E-state index in [1.807, 2.05) is 18.2 Å². The molecule has 1 fully saturated rings. The van der Waals surface area contributed by atoms with E-state index in [9.17, 15) is 0 Å². The number of nitrogen functional groups attached to an aromatic ring is 1. The summed E-state index contributed by atoms with van der Waals surface area (Å²) in [6, 6.07) is 10.0. The number of hydrogen-bond donors (Lipinski definition) is 1. The van der Waals surface area contributed by atoms with E-state index in [1.165, 1.54) is 0 Å². The van der Waals surface area contributed by atoms with Gasteiger partial charge in [0.15, 0.2) is 0 Å². The summed E-state index contributed by atoms with van der Waals surface area (Å²) in [6.07, 6.45) is 0. The monoisotopic (exact) mass is 243 g/mol. The van der Waals surface area contributed by atoms with Gasteiger partial charge in [0.25, 0.3) is 0 Å². The van der Waals surface area contributed by atoms with Gasteiger partial charge in [-0.25, -0.2) is 0 Å². The average Bonchev–Trinajstić information content (AvgIpc) is 2.40. The van der Waals surface area contributed by atoms with Gasteiger partial charge in [-0.3, -0.25) is 9.88 Å². The highest BCUT2D eigenvalue weighted by Crippen LogP contribution is 2.17. The molecule has 1 aromatic heterocycles. The molecular weight excluding hydrogens is 226 g/mol. The molecule has 2 aromatic rings. The summed E-state index contributed by atoms with van der Waals surface area (Å²) in [6.45, 7) is 4.51. The van der Waals surface area contributed by atoms with Crippen LogP contribution in [0.3, 0.4) is 0 Å². The highest BCUT2D eigenvalue weighted by Gasteiger charge is 2.11. The van der Waals surface area contributed by atoms with Crippen LogP contribution in [0.2, 0.25) is 0 Å². The van der Waals surface area contributed by atoms with Crippen LogP contribution in [0.25, 0.3) is 10.9 Å². The second-order valence-electron chi connectivity index (χ2n) is 4.64. The third kappa shape index (κ3) is 2.44. The van der Waals surface area contributed by atoms with E-state index in [1.54, 1.807) is 0 Å². The van der Waals surface area contributed by atoms with Crippen molar-refractivity contribution in [1.82, 2.24) is 9.88 Å². The minimum absolute atomic E-state index is 0.783. The number of nitrogens with zero attached hydrogens (tertiary/aromatic N) is 2. The largest absolute Gasteiger partial charge is 0.399 e. The molecule has 18 heavy (non-hydrogen) atoms. The first-order valence-electron chi connectivity index (χ1n) is 6.26. The number of nitrogens with two attached hydrogens (primary N) is 1. The normalized spacial score (nSPS) is 17.1. The van der Waals surface area contributed by atoms with Crippen molar-refractivity contribution in [1.29, 1.82) is 0 Å². The molecule has 1 aliphatic heterocycles. The molecule has 2 N–H and O–H groups in total. The molecule has 1 aliphatic rings. The summed E-state index contributed by atoms with van der Waals surface area (Å²) >= 11 is 0. The predicted molar refractivity (Wildman–Crippen MR) is 72.3 cm³/mol. The van der Waals surface area contributed by atoms with Crippen LogP contribution in [0.4, 0.5) is 5.69 Å². The van der Waals surface area contributed by atoms with Gasteiger partial charge < -0.3 is 10.5 Å². The van der Waals surface area contributed by atoms with Crippen molar-refractivity contribution in [3.05, 3.63) is 36.0 Å². The van der Waals surface area contributed by atoms with Crippen LogP contribution in [0.15, 0.2) is 30.3 Å². The van der Waals surface area contributed by atoms with Crippen LogP contribution in [0.5, 0.6) is 0 Å². The lowest BCUT2D eigenvalue weighted by molar-refractivity contribution is 0.0337. The summed E-state index contributed by atoms with van der Waals surface area (Å²) in [5.74, 6) is 0. The van der Waals surface area contributed by atoms with Crippen LogP contribution < -0.4 is 5.73 Å². The minimum Gasteiger partial charge on any atom is -0.399 e. The van der Waals surface area contributed by atoms with E-state index in [-0.39, 0.29) is 0 Å². The van der Waals surface area contributed by atoms with E-state index in [0.717, 1.165) is 55.1 Å². The number of fused-ring (bicyclic) bond motifs is 1. The molecule has 4 heteroatoms. The molecule has 0 saturated carbocycles. The quantitative estimate of drug-likeness (QED) is 0.815. The molecule has 1 saturated heterocycles. The SMILES string of the molecule is Nc1ccc2nc(CN3CCOCC3)ccc2c1. The number of pyridine rings is 1. The van der Waals surface area contributed by atoms with Crippen molar-refractivity contribution in [3.63, 3.8) is 0 Å². The summed E-state index contributed by atoms with van der Waals surface area (Å²) < 4.78 is 5.34. The van der Waals surface area contributed by atoms with Gasteiger partial charge in [0.05, 0.1) is 24.4 Å². The Morgan fingerprint density at radius 1 is 1.17 bits per heavy atom. The zero-order valence-corrected chi connectivity index (χ0v) is 10.3. The van der Waals surface area contributed by atoms with Gasteiger partial charge in [0, 0.05) is 30.7 Å². The summed E-state index contributed by atoms with van der Waals surface area (Å²) in [4.78, 5) is 7.04. The lowest BCUT2D eigenvalue weighted by Gasteiger charge is -2.26. The molecule has 0 atom stereocenters. The van der Waals surface area contributed by atoms with Gasteiger partial charge in [0.2, 0.25) is 0 Å². The van der Waals surface area contributed by atoms with Crippen molar-refractivity contribution >= 4 is 16.6 Å². The first kappa shape index (κ1) is 11.4. The summed E-state index contributed by atoms with van der Waals surface area (Å²) in [7, 11) is 0. The van der Waals surface area contributed by atoms with E-state index in [0.29, 0.717) is 0 Å². The van der Waals surface area contributed by atoms with Crippen LogP contribution in [-0.4, -0.2) is 36.2 Å². The van der Waals surface area contributed by atoms with Gasteiger partial charge >= 0.3 is 0 Å². The summed E-state index contributed by atoms with van der Waals surface area (Å²) in [5, 5.41) is 1.10. The Bertz CT molecular complexity index is 550. The van der Waals surface area contributed by atoms with Crippen molar-refractivity contribution in [2.45, 2.75) is 6.54 Å². The molecule has 2 heterocycles. The number of aromatic nitrogens is 1. The Morgan fingerprint density at radius 2 is 2.00 bits per heavy atom. The maximum atomic E-state index is 5.76. The molecular formula is C14H17N3O. The second-order valence-corrected chi connectivity index (χ2v) is 4.64. The molecule has 1 aromatic carbocycles. The molecule has 0 spiro atoms. The van der Waals surface area contributed by atoms with E-state index >= 15 is 0 Å². The Balaban J connectivity index is 1.82. The van der Waals surface area contributed by atoms with Crippen LogP contribution in [0, 0.1) is 0 Å². The molecule has 3 rings (SSSR count). The lowest BCUT2D eigenvalue weighted by Crippen LogP contribution is -2.35. The Labute approximate surface area is 106 Å². The molecule has 0 radical (unpaired) electrons. The number of ether oxygens (including phenoxy) is 1. The van der Waals surface area contributed by atoms with Gasteiger partial charge in [-0.15, -0.1) is 0 Å². The first-order valence-corrected chi connectivity index (χ1v) is 6.26. The zero-order chi connectivity index (χ0) is 12.4. The Morgan fingerprint density at radius 3 is 2.83 bits per heavy atom. The molecule has 4 nitrogen and oxygen atoms in total. The molecule has 0 unspecified atom stereocenters. The van der Waals surface area contributed by atoms with Crippen LogP contribution >= 0.6 is 0 Å².